The molecule has 4 nitrogen and oxygen atoms in total. The third-order valence-corrected chi connectivity index (χ3v) is 8.92. The summed E-state index contributed by atoms with van der Waals surface area (Å²) >= 11 is 0. The van der Waals surface area contributed by atoms with E-state index in [2.05, 4.69) is 47.0 Å². The summed E-state index contributed by atoms with van der Waals surface area (Å²) in [6, 6.07) is 36.9. The summed E-state index contributed by atoms with van der Waals surface area (Å²) in [6.07, 6.45) is 10.4. The van der Waals surface area contributed by atoms with Crippen LogP contribution in [-0.4, -0.2) is 24.9 Å². The van der Waals surface area contributed by atoms with E-state index in [1.54, 1.807) is 0 Å². The number of carbonyl (C=O) groups excluding carboxylic acids is 2. The Labute approximate surface area is 265 Å². The lowest BCUT2D eigenvalue weighted by Crippen LogP contribution is -2.25. The molecule has 0 bridgehead atoms. The van der Waals surface area contributed by atoms with Gasteiger partial charge in [0.15, 0.2) is 0 Å². The maximum Gasteiger partial charge on any atom is 0.252 e. The van der Waals surface area contributed by atoms with Gasteiger partial charge in [-0.1, -0.05) is 142 Å². The highest BCUT2D eigenvalue weighted by Gasteiger charge is 2.15. The van der Waals surface area contributed by atoms with Crippen molar-refractivity contribution in [1.29, 1.82) is 0 Å². The highest BCUT2D eigenvalue weighted by molar-refractivity contribution is 6.19. The van der Waals surface area contributed by atoms with E-state index in [1.807, 2.05) is 72.8 Å². The minimum atomic E-state index is 0.0182. The zero-order chi connectivity index (χ0) is 30.8. The lowest BCUT2D eigenvalue weighted by atomic mass is 9.96. The maximum absolute atomic E-state index is 13.2. The van der Waals surface area contributed by atoms with Crippen LogP contribution >= 0.6 is 0 Å². The maximum atomic E-state index is 13.2. The molecule has 2 N–H and O–H groups in total. The van der Waals surface area contributed by atoms with Crippen molar-refractivity contribution in [2.24, 2.45) is 0 Å². The zero-order valence-electron chi connectivity index (χ0n) is 26.0. The number of hydrogen-bond donors (Lipinski definition) is 2. The average molecular weight is 595 g/mol. The van der Waals surface area contributed by atoms with Gasteiger partial charge in [0.1, 0.15) is 0 Å². The Morgan fingerprint density at radius 1 is 0.378 bits per heavy atom. The second-order valence-corrected chi connectivity index (χ2v) is 12.1. The van der Waals surface area contributed by atoms with E-state index in [-0.39, 0.29) is 11.8 Å². The number of carbonyl (C=O) groups is 2. The Hall–Kier alpha value is -4.70. The number of hydrogen-bond acceptors (Lipinski definition) is 2. The summed E-state index contributed by atoms with van der Waals surface area (Å²) in [5.41, 5.74) is 1.57. The van der Waals surface area contributed by atoms with E-state index >= 15 is 0 Å². The van der Waals surface area contributed by atoms with Crippen molar-refractivity contribution in [3.05, 3.63) is 120 Å². The first-order chi connectivity index (χ1) is 22.2. The van der Waals surface area contributed by atoms with Crippen LogP contribution in [0.5, 0.6) is 0 Å². The molecule has 0 fully saturated rings. The first-order valence-electron chi connectivity index (χ1n) is 16.6. The molecule has 0 aromatic heterocycles. The topological polar surface area (TPSA) is 58.2 Å². The van der Waals surface area contributed by atoms with E-state index in [0.29, 0.717) is 13.1 Å². The first-order valence-corrected chi connectivity index (χ1v) is 16.6. The lowest BCUT2D eigenvalue weighted by molar-refractivity contribution is 0.0948. The summed E-state index contributed by atoms with van der Waals surface area (Å²) in [7, 11) is 0. The van der Waals surface area contributed by atoms with Crippen molar-refractivity contribution in [2.45, 2.75) is 57.8 Å². The van der Waals surface area contributed by atoms with E-state index in [4.69, 9.17) is 0 Å². The summed E-state index contributed by atoms with van der Waals surface area (Å²) in [5.74, 6) is 0.0364. The fourth-order valence-electron chi connectivity index (χ4n) is 6.58. The molecule has 6 aromatic carbocycles. The number of fused-ring (bicyclic) bond motifs is 4. The van der Waals surface area contributed by atoms with Gasteiger partial charge in [-0.3, -0.25) is 9.59 Å². The van der Waals surface area contributed by atoms with Crippen LogP contribution in [0.1, 0.15) is 78.5 Å². The highest BCUT2D eigenvalue weighted by atomic mass is 16.2. The molecule has 0 saturated heterocycles. The first kappa shape index (κ1) is 30.3. The molecule has 4 heteroatoms. The van der Waals surface area contributed by atoms with Crippen LogP contribution in [0.15, 0.2) is 109 Å². The third kappa shape index (κ3) is 7.17. The molecular formula is C41H42N2O2. The van der Waals surface area contributed by atoms with Crippen LogP contribution in [0.3, 0.4) is 0 Å². The summed E-state index contributed by atoms with van der Waals surface area (Å²) in [5, 5.41) is 14.8. The van der Waals surface area contributed by atoms with E-state index < -0.39 is 0 Å². The monoisotopic (exact) mass is 594 g/mol. The number of amides is 2. The molecule has 6 aromatic rings. The molecule has 0 aliphatic heterocycles. The Morgan fingerprint density at radius 3 is 0.956 bits per heavy atom. The predicted molar refractivity (Wildman–Crippen MR) is 189 cm³/mol. The van der Waals surface area contributed by atoms with Crippen molar-refractivity contribution in [3.63, 3.8) is 0 Å². The van der Waals surface area contributed by atoms with Gasteiger partial charge in [-0.05, 0) is 68.1 Å². The molecule has 228 valence electrons. The largest absolute Gasteiger partial charge is 0.352 e. The van der Waals surface area contributed by atoms with Gasteiger partial charge in [-0.2, -0.15) is 0 Å². The van der Waals surface area contributed by atoms with Crippen molar-refractivity contribution in [1.82, 2.24) is 10.6 Å². The molecule has 0 aliphatic carbocycles. The Kier molecular flexibility index (Phi) is 10.0. The Bertz CT molecular complexity index is 1690. The number of rotatable bonds is 14. The zero-order valence-corrected chi connectivity index (χ0v) is 26.0. The molecule has 0 unspecified atom stereocenters. The van der Waals surface area contributed by atoms with Crippen molar-refractivity contribution in [2.75, 3.05) is 13.1 Å². The number of benzene rings is 6. The van der Waals surface area contributed by atoms with Crippen LogP contribution in [0.4, 0.5) is 0 Å². The smallest absolute Gasteiger partial charge is 0.252 e. The fourth-order valence-corrected chi connectivity index (χ4v) is 6.58. The van der Waals surface area contributed by atoms with E-state index in [9.17, 15) is 9.59 Å². The van der Waals surface area contributed by atoms with Crippen LogP contribution in [-0.2, 0) is 0 Å². The Morgan fingerprint density at radius 2 is 0.644 bits per heavy atom. The minimum Gasteiger partial charge on any atom is -0.352 e. The molecule has 0 heterocycles. The van der Waals surface area contributed by atoms with E-state index in [1.165, 1.54) is 32.1 Å². The molecule has 0 saturated carbocycles. The fraction of sp³-hybridized carbons (Fsp3) is 0.268. The summed E-state index contributed by atoms with van der Waals surface area (Å²) in [4.78, 5) is 26.5. The normalized spacial score (nSPS) is 11.4. The Balaban J connectivity index is 0.857. The van der Waals surface area contributed by atoms with Gasteiger partial charge in [-0.25, -0.2) is 0 Å². The van der Waals surface area contributed by atoms with Gasteiger partial charge in [0.2, 0.25) is 0 Å². The summed E-state index contributed by atoms with van der Waals surface area (Å²) < 4.78 is 0. The quantitative estimate of drug-likeness (QED) is 0.0974. The SMILES string of the molecule is O=C(NCCCCCCCCCCCNC(=O)c1c2ccccc2cc2ccccc12)c1c2ccccc2cc2ccccc12. The molecular weight excluding hydrogens is 552 g/mol. The van der Waals surface area contributed by atoms with Crippen LogP contribution in [0.2, 0.25) is 0 Å². The molecule has 6 rings (SSSR count). The standard InChI is InChI=1S/C41H42N2O2/c44-40(38-34-22-12-8-18-30(34)28-31-19-9-13-23-35(31)38)42-26-16-6-4-2-1-3-5-7-17-27-43-41(45)39-36-24-14-10-20-32(36)29-33-21-11-15-25-37(33)39/h8-15,18-25,28-29H,1-7,16-17,26-27H2,(H,42,44)(H,43,45). The summed E-state index contributed by atoms with van der Waals surface area (Å²) in [6.45, 7) is 1.41. The van der Waals surface area contributed by atoms with Gasteiger partial charge in [-0.15, -0.1) is 0 Å². The van der Waals surface area contributed by atoms with Crippen molar-refractivity contribution >= 4 is 54.9 Å². The third-order valence-electron chi connectivity index (χ3n) is 8.92. The molecule has 2 amide bonds. The minimum absolute atomic E-state index is 0.0182. The number of unbranched alkanes of at least 4 members (excludes halogenated alkanes) is 8. The van der Waals surface area contributed by atoms with Crippen molar-refractivity contribution < 1.29 is 9.59 Å². The van der Waals surface area contributed by atoms with Gasteiger partial charge in [0.05, 0.1) is 11.1 Å². The second-order valence-electron chi connectivity index (χ2n) is 12.1. The molecule has 0 aliphatic rings. The van der Waals surface area contributed by atoms with Crippen LogP contribution < -0.4 is 10.6 Å². The van der Waals surface area contributed by atoms with Crippen LogP contribution in [0.25, 0.3) is 43.1 Å². The lowest BCUT2D eigenvalue weighted by Gasteiger charge is -2.12. The van der Waals surface area contributed by atoms with Gasteiger partial charge in [0.25, 0.3) is 11.8 Å². The van der Waals surface area contributed by atoms with Crippen molar-refractivity contribution in [3.8, 4) is 0 Å². The molecule has 0 radical (unpaired) electrons. The molecule has 45 heavy (non-hydrogen) atoms. The second kappa shape index (κ2) is 14.9. The van der Waals surface area contributed by atoms with E-state index in [0.717, 1.165) is 79.9 Å². The predicted octanol–water partition coefficient (Wildman–Crippen LogP) is 9.97. The molecule has 0 atom stereocenters. The number of nitrogens with one attached hydrogen (secondary N) is 2. The average Bonchev–Trinajstić information content (AvgIpc) is 3.07. The van der Waals surface area contributed by atoms with Gasteiger partial charge < -0.3 is 10.6 Å². The van der Waals surface area contributed by atoms with Gasteiger partial charge in [0, 0.05) is 13.1 Å². The van der Waals surface area contributed by atoms with Crippen LogP contribution in [0, 0.1) is 0 Å². The molecule has 0 spiro atoms. The highest BCUT2D eigenvalue weighted by Crippen LogP contribution is 2.29. The van der Waals surface area contributed by atoms with Gasteiger partial charge >= 0.3 is 0 Å².